The Morgan fingerprint density at radius 2 is 1.86 bits per heavy atom. The van der Waals surface area contributed by atoms with Crippen LogP contribution in [0.2, 0.25) is 0 Å². The molecule has 0 radical (unpaired) electrons. The minimum absolute atomic E-state index is 0.305. The minimum Gasteiger partial charge on any atom is -0.477 e. The Hall–Kier alpha value is -1.32. The van der Waals surface area contributed by atoms with Crippen LogP contribution < -0.4 is 10.1 Å². The molecule has 1 aliphatic rings. The number of aromatic nitrogens is 2. The van der Waals surface area contributed by atoms with Crippen molar-refractivity contribution in [2.24, 2.45) is 5.92 Å². The Balaban J connectivity index is 2.10. The van der Waals surface area contributed by atoms with Crippen LogP contribution in [0.1, 0.15) is 71.5 Å². The van der Waals surface area contributed by atoms with E-state index in [9.17, 15) is 0 Å². The molecule has 1 aromatic heterocycles. The van der Waals surface area contributed by atoms with Crippen molar-refractivity contribution in [1.29, 1.82) is 0 Å². The number of anilines is 1. The average molecular weight is 291 g/mol. The van der Waals surface area contributed by atoms with Gasteiger partial charge in [-0.05, 0) is 18.8 Å². The number of hydrogen-bond acceptors (Lipinski definition) is 4. The molecule has 0 aliphatic heterocycles. The van der Waals surface area contributed by atoms with E-state index in [1.54, 1.807) is 0 Å². The maximum Gasteiger partial charge on any atom is 0.218 e. The van der Waals surface area contributed by atoms with Crippen LogP contribution in [0.25, 0.3) is 0 Å². The van der Waals surface area contributed by atoms with E-state index in [0.717, 1.165) is 11.6 Å². The second-order valence-corrected chi connectivity index (χ2v) is 6.79. The molecule has 21 heavy (non-hydrogen) atoms. The van der Waals surface area contributed by atoms with Crippen molar-refractivity contribution in [3.8, 4) is 5.88 Å². The second kappa shape index (κ2) is 7.62. The lowest BCUT2D eigenvalue weighted by Gasteiger charge is -2.24. The third-order valence-corrected chi connectivity index (χ3v) is 3.76. The molecule has 1 saturated carbocycles. The van der Waals surface area contributed by atoms with Gasteiger partial charge in [0.05, 0.1) is 6.61 Å². The summed E-state index contributed by atoms with van der Waals surface area (Å²) in [5, 5.41) is 3.57. The van der Waals surface area contributed by atoms with E-state index in [1.807, 2.05) is 6.07 Å². The summed E-state index contributed by atoms with van der Waals surface area (Å²) in [7, 11) is 0. The van der Waals surface area contributed by atoms with Crippen LogP contribution >= 0.6 is 0 Å². The molecular formula is C17H29N3O. The molecule has 0 bridgehead atoms. The number of ether oxygens (including phenoxy) is 1. The average Bonchev–Trinajstić information content (AvgIpc) is 2.46. The monoisotopic (exact) mass is 291 g/mol. The van der Waals surface area contributed by atoms with Crippen LogP contribution in [-0.2, 0) is 0 Å². The summed E-state index contributed by atoms with van der Waals surface area (Å²) in [6.45, 7) is 9.22. The molecule has 0 unspecified atom stereocenters. The molecule has 0 amide bonds. The van der Waals surface area contributed by atoms with Gasteiger partial charge in [-0.2, -0.15) is 4.98 Å². The van der Waals surface area contributed by atoms with E-state index in [0.29, 0.717) is 30.4 Å². The van der Waals surface area contributed by atoms with E-state index in [-0.39, 0.29) is 0 Å². The molecule has 1 fully saturated rings. The molecule has 1 aliphatic carbocycles. The zero-order valence-corrected chi connectivity index (χ0v) is 13.9. The van der Waals surface area contributed by atoms with Gasteiger partial charge in [0, 0.05) is 18.0 Å². The normalized spacial score (nSPS) is 16.5. The van der Waals surface area contributed by atoms with Gasteiger partial charge in [0.1, 0.15) is 11.6 Å². The standard InChI is InChI=1S/C17H29N3O/c1-12(2)11-21-16-10-15(19-17(20-16)13(3)4)18-14-8-6-5-7-9-14/h10,12-14H,5-9,11H2,1-4H3,(H,18,19,20). The Morgan fingerprint density at radius 1 is 1.14 bits per heavy atom. The van der Waals surface area contributed by atoms with E-state index in [4.69, 9.17) is 4.74 Å². The lowest BCUT2D eigenvalue weighted by molar-refractivity contribution is 0.260. The number of nitrogens with one attached hydrogen (secondary N) is 1. The Kier molecular flexibility index (Phi) is 5.83. The first-order valence-electron chi connectivity index (χ1n) is 8.33. The number of rotatable bonds is 6. The number of nitrogens with zero attached hydrogens (tertiary/aromatic N) is 2. The Bertz CT molecular complexity index is 440. The van der Waals surface area contributed by atoms with Crippen LogP contribution in [0.4, 0.5) is 5.82 Å². The summed E-state index contributed by atoms with van der Waals surface area (Å²) in [5.74, 6) is 3.27. The highest BCUT2D eigenvalue weighted by molar-refractivity contribution is 5.40. The topological polar surface area (TPSA) is 47.0 Å². The largest absolute Gasteiger partial charge is 0.477 e. The lowest BCUT2D eigenvalue weighted by atomic mass is 9.95. The first-order valence-corrected chi connectivity index (χ1v) is 8.33. The van der Waals surface area contributed by atoms with E-state index in [2.05, 4.69) is 43.0 Å². The predicted octanol–water partition coefficient (Wildman–Crippen LogP) is 4.38. The number of hydrogen-bond donors (Lipinski definition) is 1. The molecule has 1 N–H and O–H groups in total. The maximum atomic E-state index is 5.80. The van der Waals surface area contributed by atoms with Crippen LogP contribution in [0.5, 0.6) is 5.88 Å². The molecule has 0 saturated heterocycles. The summed E-state index contributed by atoms with van der Waals surface area (Å²) in [4.78, 5) is 9.18. The Labute approximate surface area is 128 Å². The summed E-state index contributed by atoms with van der Waals surface area (Å²) in [5.41, 5.74) is 0. The maximum absolute atomic E-state index is 5.80. The highest BCUT2D eigenvalue weighted by Gasteiger charge is 2.16. The first-order chi connectivity index (χ1) is 10.0. The van der Waals surface area contributed by atoms with Gasteiger partial charge in [0.2, 0.25) is 5.88 Å². The van der Waals surface area contributed by atoms with Crippen molar-refractivity contribution in [3.05, 3.63) is 11.9 Å². The van der Waals surface area contributed by atoms with Crippen molar-refractivity contribution in [2.75, 3.05) is 11.9 Å². The molecule has 0 aromatic carbocycles. The summed E-state index contributed by atoms with van der Waals surface area (Å²) in [6.07, 6.45) is 6.47. The minimum atomic E-state index is 0.305. The summed E-state index contributed by atoms with van der Waals surface area (Å²) >= 11 is 0. The van der Waals surface area contributed by atoms with Crippen molar-refractivity contribution in [3.63, 3.8) is 0 Å². The van der Waals surface area contributed by atoms with E-state index < -0.39 is 0 Å². The SMILES string of the molecule is CC(C)COc1cc(NC2CCCCC2)nc(C(C)C)n1. The quantitative estimate of drug-likeness (QED) is 0.845. The molecule has 1 aromatic rings. The van der Waals surface area contributed by atoms with Gasteiger partial charge in [-0.1, -0.05) is 47.0 Å². The molecule has 2 rings (SSSR count). The summed E-state index contributed by atoms with van der Waals surface area (Å²) < 4.78 is 5.80. The zero-order valence-electron chi connectivity index (χ0n) is 13.9. The van der Waals surface area contributed by atoms with Gasteiger partial charge in [0.15, 0.2) is 0 Å². The van der Waals surface area contributed by atoms with Gasteiger partial charge in [-0.3, -0.25) is 0 Å². The molecule has 4 nitrogen and oxygen atoms in total. The fourth-order valence-electron chi connectivity index (χ4n) is 2.56. The molecular weight excluding hydrogens is 262 g/mol. The van der Waals surface area contributed by atoms with Crippen LogP contribution in [0, 0.1) is 5.92 Å². The molecule has 4 heteroatoms. The zero-order chi connectivity index (χ0) is 15.2. The molecule has 1 heterocycles. The van der Waals surface area contributed by atoms with Crippen LogP contribution in [0.3, 0.4) is 0 Å². The van der Waals surface area contributed by atoms with Gasteiger partial charge < -0.3 is 10.1 Å². The fourth-order valence-corrected chi connectivity index (χ4v) is 2.56. The Morgan fingerprint density at radius 3 is 2.48 bits per heavy atom. The highest BCUT2D eigenvalue weighted by Crippen LogP contribution is 2.24. The molecule has 0 spiro atoms. The van der Waals surface area contributed by atoms with E-state index in [1.165, 1.54) is 32.1 Å². The van der Waals surface area contributed by atoms with Crippen LogP contribution in [0.15, 0.2) is 6.07 Å². The van der Waals surface area contributed by atoms with Gasteiger partial charge in [-0.15, -0.1) is 0 Å². The van der Waals surface area contributed by atoms with Crippen molar-refractivity contribution in [2.45, 2.75) is 71.8 Å². The smallest absolute Gasteiger partial charge is 0.218 e. The van der Waals surface area contributed by atoms with Crippen molar-refractivity contribution < 1.29 is 4.74 Å². The van der Waals surface area contributed by atoms with Gasteiger partial charge in [0.25, 0.3) is 0 Å². The molecule has 0 atom stereocenters. The molecule has 118 valence electrons. The lowest BCUT2D eigenvalue weighted by Crippen LogP contribution is -2.23. The second-order valence-electron chi connectivity index (χ2n) is 6.79. The third-order valence-electron chi connectivity index (χ3n) is 3.76. The van der Waals surface area contributed by atoms with Crippen LogP contribution in [-0.4, -0.2) is 22.6 Å². The fraction of sp³-hybridized carbons (Fsp3) is 0.765. The van der Waals surface area contributed by atoms with Gasteiger partial charge in [-0.25, -0.2) is 4.98 Å². The summed E-state index contributed by atoms with van der Waals surface area (Å²) in [6, 6.07) is 2.50. The predicted molar refractivity (Wildman–Crippen MR) is 86.9 cm³/mol. The third kappa shape index (κ3) is 5.18. The van der Waals surface area contributed by atoms with Crippen molar-refractivity contribution >= 4 is 5.82 Å². The first kappa shape index (κ1) is 16.1. The van der Waals surface area contributed by atoms with Crippen molar-refractivity contribution in [1.82, 2.24) is 9.97 Å². The van der Waals surface area contributed by atoms with Gasteiger partial charge >= 0.3 is 0 Å². The highest BCUT2D eigenvalue weighted by atomic mass is 16.5. The van der Waals surface area contributed by atoms with E-state index >= 15 is 0 Å².